The predicted octanol–water partition coefficient (Wildman–Crippen LogP) is 11.8. The van der Waals surface area contributed by atoms with Crippen molar-refractivity contribution in [2.45, 2.75) is 55.9 Å². The number of nitrogens with zero attached hydrogens (tertiary/aromatic N) is 3. The summed E-state index contributed by atoms with van der Waals surface area (Å²) >= 11 is 5.35. The largest absolute Gasteiger partial charge is 1.00 e. The molecular weight excluding hydrogens is 1520 g/mol. The molecular formula is C85H102ClCs2N3O10. The van der Waals surface area contributed by atoms with Gasteiger partial charge in [0.25, 0.3) is 6.47 Å². The van der Waals surface area contributed by atoms with Crippen molar-refractivity contribution in [3.63, 3.8) is 0 Å². The van der Waals surface area contributed by atoms with Crippen LogP contribution in [0.2, 0.25) is 0 Å². The quantitative estimate of drug-likeness (QED) is 0.00997. The van der Waals surface area contributed by atoms with Crippen LogP contribution in [0.25, 0.3) is 33.4 Å². The summed E-state index contributed by atoms with van der Waals surface area (Å²) in [6.45, 7) is 18.5. The van der Waals surface area contributed by atoms with Crippen molar-refractivity contribution in [2.24, 2.45) is 17.8 Å². The second kappa shape index (κ2) is 49.9. The van der Waals surface area contributed by atoms with Crippen LogP contribution in [-0.4, -0.2) is 123 Å². The number of carbonyl (C=O) groups is 2. The van der Waals surface area contributed by atoms with Crippen LogP contribution in [0.15, 0.2) is 237 Å². The zero-order valence-electron chi connectivity index (χ0n) is 62.0. The first kappa shape index (κ1) is 91.5. The maximum atomic E-state index is 11.3. The number of hydrogen-bond donors (Lipinski definition) is 3. The van der Waals surface area contributed by atoms with Crippen LogP contribution in [0.1, 0.15) is 107 Å². The molecule has 101 heavy (non-hydrogen) atoms. The molecule has 16 heteroatoms. The van der Waals surface area contributed by atoms with Crippen molar-refractivity contribution in [1.82, 2.24) is 14.7 Å². The van der Waals surface area contributed by atoms with E-state index in [1.54, 1.807) is 36.4 Å². The molecule has 0 unspecified atom stereocenters. The second-order valence-electron chi connectivity index (χ2n) is 24.7. The van der Waals surface area contributed by atoms with Gasteiger partial charge in [-0.2, -0.15) is 0 Å². The fraction of sp³-hybridized carbons (Fsp3) is 0.271. The third-order valence-electron chi connectivity index (χ3n) is 15.1. The van der Waals surface area contributed by atoms with Crippen molar-refractivity contribution < 1.29 is 188 Å². The number of likely N-dealkylation sites (N-methyl/N-ethyl adjacent to an activating group) is 2. The van der Waals surface area contributed by atoms with Crippen molar-refractivity contribution in [2.75, 3.05) is 81.0 Å². The molecule has 0 heterocycles. The first-order valence-corrected chi connectivity index (χ1v) is 33.3. The Morgan fingerprint density at radius 2 is 0.634 bits per heavy atom. The van der Waals surface area contributed by atoms with Crippen molar-refractivity contribution in [1.29, 1.82) is 0 Å². The van der Waals surface area contributed by atoms with E-state index in [0.29, 0.717) is 36.7 Å². The van der Waals surface area contributed by atoms with E-state index >= 15 is 0 Å². The van der Waals surface area contributed by atoms with Crippen molar-refractivity contribution in [3.8, 4) is 34.5 Å². The van der Waals surface area contributed by atoms with Gasteiger partial charge in [0.1, 0.15) is 47.7 Å². The number of phenolic OH excluding ortho intramolecular Hbond substituents is 3. The van der Waals surface area contributed by atoms with Crippen molar-refractivity contribution >= 4 is 57.5 Å². The number of carbonyl (C=O) groups excluding carboxylic acids is 2. The standard InChI is InChI=1S/C29H33NO3.C27H31NO2.C23H22O2.C4H10ClN.CH2O3.CH4.2Cs.H/c1-21(2)28(23-9-7-6-8-10-23)29(25-13-17-27(18-14-25)33-22(3)31)24-11-15-26(16-12-24)32-20-19-30(4)5;1-20(2)26(21-8-6-5-7-9-21)27(22-10-14-24(29)15-11-22)23-12-16-25(17-13-23)30-19-18-28(3)4;1-16(2)22(17-6-4-3-5-7-17)23(18-8-12-20(24)13-9-18)19-10-14-21(25)15-11-19;1-6(2)4-3-5;2-1-4-3;;;;/h6-18,21H,19-20H2,1-5H3;5-17,20,29H,18-19H2,1-4H3;3-16,24-25H,1-2H3;3-4H2,1-2H3;1,3H;1H4;;;/q;;;;;;2*+1;-1/p-1. The maximum absolute atomic E-state index is 11.3. The molecule has 0 atom stereocenters. The Morgan fingerprint density at radius 3 is 0.822 bits per heavy atom. The number of esters is 1. The molecule has 9 aromatic carbocycles. The fourth-order valence-corrected chi connectivity index (χ4v) is 11.0. The summed E-state index contributed by atoms with van der Waals surface area (Å²) < 4.78 is 17.0. The molecule has 0 amide bonds. The molecule has 0 bridgehead atoms. The molecule has 0 saturated heterocycles. The van der Waals surface area contributed by atoms with Gasteiger partial charge in [-0.05, 0) is 216 Å². The molecule has 0 aliphatic heterocycles. The van der Waals surface area contributed by atoms with Gasteiger partial charge in [-0.25, -0.2) is 0 Å². The maximum Gasteiger partial charge on any atom is 1.00 e. The zero-order valence-corrected chi connectivity index (χ0v) is 74.3. The van der Waals surface area contributed by atoms with Gasteiger partial charge in [0.15, 0.2) is 0 Å². The van der Waals surface area contributed by atoms with Crippen LogP contribution < -0.4 is 157 Å². The van der Waals surface area contributed by atoms with Crippen LogP contribution in [0.3, 0.4) is 0 Å². The summed E-state index contributed by atoms with van der Waals surface area (Å²) in [5.74, 6) is 4.38. The first-order chi connectivity index (χ1) is 47.0. The smallest absolute Gasteiger partial charge is 1.00 e. The van der Waals surface area contributed by atoms with E-state index in [1.165, 1.54) is 45.9 Å². The van der Waals surface area contributed by atoms with E-state index in [2.05, 4.69) is 141 Å². The number of alkyl halides is 1. The van der Waals surface area contributed by atoms with Gasteiger partial charge in [0.05, 0.1) is 0 Å². The number of aromatic hydroxyl groups is 3. The van der Waals surface area contributed by atoms with E-state index in [0.717, 1.165) is 81.5 Å². The van der Waals surface area contributed by atoms with Gasteiger partial charge >= 0.3 is 144 Å². The summed E-state index contributed by atoms with van der Waals surface area (Å²) in [6.07, 6.45) is 0. The summed E-state index contributed by atoms with van der Waals surface area (Å²) in [5.41, 5.74) is 17.3. The van der Waals surface area contributed by atoms with Crippen LogP contribution >= 0.6 is 11.6 Å². The Balaban J connectivity index is 0.000000706. The number of hydrogen-bond acceptors (Lipinski definition) is 13. The second-order valence-corrected chi connectivity index (χ2v) is 25.1. The summed E-state index contributed by atoms with van der Waals surface area (Å²) in [7, 11) is 12.2. The van der Waals surface area contributed by atoms with E-state index in [1.807, 2.05) is 162 Å². The Morgan fingerprint density at radius 1 is 0.406 bits per heavy atom. The minimum Gasteiger partial charge on any atom is -1.00 e. The number of phenols is 3. The molecule has 0 saturated carbocycles. The van der Waals surface area contributed by atoms with Gasteiger partial charge < -0.3 is 55.8 Å². The third-order valence-corrected chi connectivity index (χ3v) is 15.3. The van der Waals surface area contributed by atoms with Crippen LogP contribution in [0.5, 0.6) is 34.5 Å². The Bertz CT molecular complexity index is 3830. The van der Waals surface area contributed by atoms with E-state index in [9.17, 15) is 20.1 Å². The van der Waals surface area contributed by atoms with Gasteiger partial charge in [-0.3, -0.25) is 9.59 Å². The fourth-order valence-electron chi connectivity index (χ4n) is 10.6. The predicted molar refractivity (Wildman–Crippen MR) is 409 cm³/mol. The van der Waals surface area contributed by atoms with Crippen LogP contribution in [0.4, 0.5) is 0 Å². The first-order valence-electron chi connectivity index (χ1n) is 32.8. The van der Waals surface area contributed by atoms with Gasteiger partial charge in [-0.1, -0.05) is 213 Å². The molecule has 9 rings (SSSR count). The molecule has 3 N–H and O–H groups in total. The Hall–Kier alpha value is -5.63. The number of allylic oxidation sites excluding steroid dienone is 3. The minimum absolute atomic E-state index is 0. The van der Waals surface area contributed by atoms with Crippen LogP contribution in [0, 0.1) is 17.8 Å². The van der Waals surface area contributed by atoms with E-state index in [-0.39, 0.29) is 176 Å². The van der Waals surface area contributed by atoms with E-state index in [4.69, 9.17) is 35.9 Å². The van der Waals surface area contributed by atoms with Gasteiger partial charge in [-0.15, -0.1) is 11.6 Å². The van der Waals surface area contributed by atoms with Gasteiger partial charge in [0, 0.05) is 32.4 Å². The zero-order chi connectivity index (χ0) is 71.5. The Labute approximate surface area is 726 Å². The van der Waals surface area contributed by atoms with Gasteiger partial charge in [0.2, 0.25) is 0 Å². The molecule has 9 aromatic rings. The Kier molecular flexibility index (Phi) is 45.2. The molecule has 0 radical (unpaired) electrons. The number of benzene rings is 9. The third kappa shape index (κ3) is 32.1. The SMILES string of the molecule is C.CC(=O)Oc1ccc(C(=C(c2ccccc2)C(C)C)c2ccc(OCCN(C)C)cc2)cc1.CC(C)C(=C(c1ccc(O)cc1)c1ccc(O)cc1)c1ccccc1.CC(C)C(=C(c1ccc(O)cc1)c1ccc(OCCN(C)C)cc1)c1ccccc1.CN(C)CCCl.O=CO[O-].[Cs+].[Cs+].[H-]. The molecule has 526 valence electrons. The normalized spacial score (nSPS) is 11.0. The monoisotopic (exact) mass is 1630 g/mol. The topological polar surface area (TPSA) is 165 Å². The summed E-state index contributed by atoms with van der Waals surface area (Å²) in [5, 5.41) is 37.5. The average Bonchev–Trinajstić information content (AvgIpc) is 0.808. The molecule has 0 fully saturated rings. The average molecular weight is 1630 g/mol. The molecule has 13 nitrogen and oxygen atoms in total. The van der Waals surface area contributed by atoms with Crippen molar-refractivity contribution in [3.05, 3.63) is 287 Å². The minimum atomic E-state index is -0.324. The molecule has 0 aliphatic carbocycles. The molecule has 0 aromatic heterocycles. The number of halogens is 1. The summed E-state index contributed by atoms with van der Waals surface area (Å²) in [6, 6.07) is 77.7. The van der Waals surface area contributed by atoms with Crippen LogP contribution in [-0.2, 0) is 14.5 Å². The summed E-state index contributed by atoms with van der Waals surface area (Å²) in [4.78, 5) is 28.8. The number of rotatable bonds is 24. The van der Waals surface area contributed by atoms with E-state index < -0.39 is 0 Å². The number of ether oxygens (including phenoxy) is 3. The molecule has 0 aliphatic rings. The molecule has 0 spiro atoms.